The molecule has 1 saturated carbocycles. The Balaban J connectivity index is 1.84. The Morgan fingerprint density at radius 3 is 2.91 bits per heavy atom. The number of hydrogen-bond donors (Lipinski definition) is 2. The lowest BCUT2D eigenvalue weighted by molar-refractivity contribution is -0.202. The lowest BCUT2D eigenvalue weighted by Crippen LogP contribution is -2.73. The summed E-state index contributed by atoms with van der Waals surface area (Å²) in [5.41, 5.74) is 0.723. The zero-order valence-corrected chi connectivity index (χ0v) is 12.8. The van der Waals surface area contributed by atoms with E-state index < -0.39 is 17.1 Å². The van der Waals surface area contributed by atoms with E-state index in [9.17, 15) is 15.0 Å². The van der Waals surface area contributed by atoms with Crippen LogP contribution in [0.5, 0.6) is 0 Å². The number of ether oxygens (including phenoxy) is 1. The van der Waals surface area contributed by atoms with Gasteiger partial charge < -0.3 is 19.8 Å². The number of likely N-dealkylation sites (N-methyl/N-ethyl adjacent to an activating group) is 1. The third-order valence-corrected chi connectivity index (χ3v) is 6.84. The Bertz CT molecular complexity index is 666. The molecule has 2 bridgehead atoms. The molecular weight excluding hydrogens is 282 g/mol. The molecule has 4 atom stereocenters. The van der Waals surface area contributed by atoms with E-state index in [0.717, 1.165) is 31.4 Å². The lowest BCUT2D eigenvalue weighted by atomic mass is 9.48. The number of aliphatic hydroxyl groups is 2. The normalized spacial score (nSPS) is 46.7. The molecule has 1 spiro atoms. The number of carbonyl (C=O) groups is 1. The van der Waals surface area contributed by atoms with Gasteiger partial charge in [0.1, 0.15) is 5.76 Å². The Hall–Kier alpha value is -1.33. The molecule has 3 aliphatic carbocycles. The van der Waals surface area contributed by atoms with Crippen molar-refractivity contribution in [2.45, 2.75) is 56.3 Å². The van der Waals surface area contributed by atoms with E-state index in [4.69, 9.17) is 4.74 Å². The van der Waals surface area contributed by atoms with Crippen molar-refractivity contribution >= 4 is 5.78 Å². The molecule has 5 rings (SSSR count). The van der Waals surface area contributed by atoms with Gasteiger partial charge in [0.05, 0.1) is 11.0 Å². The first-order valence-electron chi connectivity index (χ1n) is 8.26. The molecule has 5 nitrogen and oxygen atoms in total. The van der Waals surface area contributed by atoms with E-state index in [1.165, 1.54) is 5.57 Å². The average molecular weight is 303 g/mol. The van der Waals surface area contributed by atoms with Gasteiger partial charge in [0, 0.05) is 24.5 Å². The predicted octanol–water partition coefficient (Wildman–Crippen LogP) is 1.43. The zero-order chi connectivity index (χ0) is 15.3. The maximum atomic E-state index is 12.5. The van der Waals surface area contributed by atoms with Crippen LogP contribution in [0.4, 0.5) is 0 Å². The summed E-state index contributed by atoms with van der Waals surface area (Å²) in [7, 11) is 2.07. The SMILES string of the molecule is CN1CC[C@]23C4=C5CCC(O)=C4OC2C(=O)CC[C@@]3(O)[C@H]1C5. The van der Waals surface area contributed by atoms with Gasteiger partial charge in [-0.15, -0.1) is 0 Å². The molecule has 0 radical (unpaired) electrons. The highest BCUT2D eigenvalue weighted by Crippen LogP contribution is 2.67. The summed E-state index contributed by atoms with van der Waals surface area (Å²) >= 11 is 0. The fraction of sp³-hybridized carbons (Fsp3) is 0.706. The third kappa shape index (κ3) is 1.17. The van der Waals surface area contributed by atoms with Crippen molar-refractivity contribution < 1.29 is 19.7 Å². The van der Waals surface area contributed by atoms with Crippen molar-refractivity contribution in [3.8, 4) is 0 Å². The Morgan fingerprint density at radius 1 is 1.27 bits per heavy atom. The highest BCUT2D eigenvalue weighted by molar-refractivity contribution is 5.88. The highest BCUT2D eigenvalue weighted by atomic mass is 16.5. The average Bonchev–Trinajstić information content (AvgIpc) is 2.85. The van der Waals surface area contributed by atoms with Crippen LogP contribution in [0.15, 0.2) is 22.7 Å². The van der Waals surface area contributed by atoms with E-state index in [1.807, 2.05) is 0 Å². The fourth-order valence-electron chi connectivity index (χ4n) is 5.83. The molecule has 0 amide bonds. The molecule has 5 heteroatoms. The number of Topliss-reactive ketones (excluding diaryl/α,β-unsaturated/α-hetero) is 1. The van der Waals surface area contributed by atoms with Crippen LogP contribution in [0, 0.1) is 5.41 Å². The molecule has 2 saturated heterocycles. The minimum absolute atomic E-state index is 0.0544. The van der Waals surface area contributed by atoms with Gasteiger partial charge in [0.15, 0.2) is 17.6 Å². The summed E-state index contributed by atoms with van der Waals surface area (Å²) in [6.45, 7) is 0.852. The van der Waals surface area contributed by atoms with Crippen LogP contribution in [0.1, 0.15) is 38.5 Å². The minimum Gasteiger partial charge on any atom is -0.508 e. The Labute approximate surface area is 129 Å². The van der Waals surface area contributed by atoms with Gasteiger partial charge in [-0.05, 0) is 39.3 Å². The molecule has 3 fully saturated rings. The van der Waals surface area contributed by atoms with Crippen LogP contribution in [0.3, 0.4) is 0 Å². The van der Waals surface area contributed by atoms with Crippen molar-refractivity contribution in [2.24, 2.45) is 5.41 Å². The standard InChI is InChI=1S/C17H21NO4/c1-18-7-6-16-13-9-2-3-10(19)14(13)22-15(16)11(20)4-5-17(16,21)12(18)8-9/h12,15,19,21H,2-8H2,1H3/t12-,15?,16+,17-/m1/s1. The van der Waals surface area contributed by atoms with Crippen LogP contribution in [-0.4, -0.2) is 52.2 Å². The van der Waals surface area contributed by atoms with E-state index in [-0.39, 0.29) is 17.6 Å². The van der Waals surface area contributed by atoms with Gasteiger partial charge in [-0.25, -0.2) is 0 Å². The van der Waals surface area contributed by atoms with E-state index >= 15 is 0 Å². The van der Waals surface area contributed by atoms with Crippen molar-refractivity contribution in [3.63, 3.8) is 0 Å². The summed E-state index contributed by atoms with van der Waals surface area (Å²) in [4.78, 5) is 14.8. The molecule has 0 aromatic rings. The monoisotopic (exact) mass is 303 g/mol. The highest BCUT2D eigenvalue weighted by Gasteiger charge is 2.74. The van der Waals surface area contributed by atoms with Gasteiger partial charge in [0.2, 0.25) is 0 Å². The molecule has 118 valence electrons. The number of hydrogen-bond acceptors (Lipinski definition) is 5. The molecule has 1 unspecified atom stereocenters. The zero-order valence-electron chi connectivity index (χ0n) is 12.8. The van der Waals surface area contributed by atoms with E-state index in [0.29, 0.717) is 25.0 Å². The van der Waals surface area contributed by atoms with Crippen molar-refractivity contribution in [3.05, 3.63) is 22.7 Å². The van der Waals surface area contributed by atoms with Gasteiger partial charge in [-0.2, -0.15) is 0 Å². The van der Waals surface area contributed by atoms with Gasteiger partial charge in [-0.3, -0.25) is 4.79 Å². The maximum Gasteiger partial charge on any atom is 0.174 e. The van der Waals surface area contributed by atoms with Crippen molar-refractivity contribution in [2.75, 3.05) is 13.6 Å². The third-order valence-electron chi connectivity index (χ3n) is 6.84. The first-order valence-corrected chi connectivity index (χ1v) is 8.26. The number of ketones is 1. The van der Waals surface area contributed by atoms with Crippen LogP contribution in [0.2, 0.25) is 0 Å². The summed E-state index contributed by atoms with van der Waals surface area (Å²) in [6, 6.07) is 0.0544. The Morgan fingerprint density at radius 2 is 2.09 bits per heavy atom. The number of allylic oxidation sites excluding steroid dienone is 2. The smallest absolute Gasteiger partial charge is 0.174 e. The second-order valence-corrected chi connectivity index (χ2v) is 7.56. The predicted molar refractivity (Wildman–Crippen MR) is 78.1 cm³/mol. The fourth-order valence-corrected chi connectivity index (χ4v) is 5.83. The number of aliphatic hydroxyl groups excluding tert-OH is 1. The molecule has 22 heavy (non-hydrogen) atoms. The quantitative estimate of drug-likeness (QED) is 0.708. The topological polar surface area (TPSA) is 70.0 Å². The number of nitrogens with zero attached hydrogens (tertiary/aromatic N) is 1. The van der Waals surface area contributed by atoms with Crippen molar-refractivity contribution in [1.82, 2.24) is 4.90 Å². The van der Waals surface area contributed by atoms with Crippen molar-refractivity contribution in [1.29, 1.82) is 0 Å². The Kier molecular flexibility index (Phi) is 2.25. The minimum atomic E-state index is -0.920. The van der Waals surface area contributed by atoms with Crippen LogP contribution in [0.25, 0.3) is 0 Å². The molecule has 2 N–H and O–H groups in total. The number of carbonyl (C=O) groups excluding carboxylic acids is 1. The largest absolute Gasteiger partial charge is 0.508 e. The first-order chi connectivity index (χ1) is 10.5. The number of rotatable bonds is 0. The van der Waals surface area contributed by atoms with E-state index in [2.05, 4.69) is 11.9 Å². The molecule has 2 heterocycles. The molecule has 0 aromatic carbocycles. The van der Waals surface area contributed by atoms with Gasteiger partial charge in [-0.1, -0.05) is 5.57 Å². The summed E-state index contributed by atoms with van der Waals surface area (Å²) in [5.74, 6) is 0.856. The molecular formula is C17H21NO4. The van der Waals surface area contributed by atoms with Crippen LogP contribution in [-0.2, 0) is 9.53 Å². The molecule has 2 aliphatic heterocycles. The van der Waals surface area contributed by atoms with Gasteiger partial charge in [0.25, 0.3) is 0 Å². The second-order valence-electron chi connectivity index (χ2n) is 7.56. The number of likely N-dealkylation sites (tertiary alicyclic amines) is 1. The summed E-state index contributed by atoms with van der Waals surface area (Å²) in [6.07, 6.45) is 3.21. The van der Waals surface area contributed by atoms with Gasteiger partial charge >= 0.3 is 0 Å². The maximum absolute atomic E-state index is 12.5. The first kappa shape index (κ1) is 13.1. The number of piperidine rings is 1. The second kappa shape index (κ2) is 3.77. The molecule has 5 aliphatic rings. The summed E-state index contributed by atoms with van der Waals surface area (Å²) < 4.78 is 6.00. The van der Waals surface area contributed by atoms with Crippen LogP contribution >= 0.6 is 0 Å². The molecule has 0 aromatic heterocycles. The lowest BCUT2D eigenvalue weighted by Gasteiger charge is -2.62. The summed E-state index contributed by atoms with van der Waals surface area (Å²) in [5, 5.41) is 21.9. The van der Waals surface area contributed by atoms with E-state index in [1.54, 1.807) is 0 Å². The van der Waals surface area contributed by atoms with Crippen LogP contribution < -0.4 is 0 Å².